The van der Waals surface area contributed by atoms with Crippen molar-refractivity contribution < 1.29 is 65.1 Å². The van der Waals surface area contributed by atoms with Gasteiger partial charge in [-0.25, -0.2) is 11.4 Å². The molecule has 1 aliphatic heterocycles. The van der Waals surface area contributed by atoms with Crippen molar-refractivity contribution in [2.24, 2.45) is 5.92 Å². The predicted molar refractivity (Wildman–Crippen MR) is 60.2 cm³/mol. The molecule has 5 nitrogen and oxygen atoms in total. The van der Waals surface area contributed by atoms with E-state index in [-0.39, 0.29) is 67.7 Å². The van der Waals surface area contributed by atoms with Gasteiger partial charge in [-0.05, 0) is 12.8 Å². The van der Waals surface area contributed by atoms with Crippen LogP contribution in [-0.4, -0.2) is 24.3 Å². The second-order valence-corrected chi connectivity index (χ2v) is 3.93. The van der Waals surface area contributed by atoms with Crippen LogP contribution < -0.4 is 0 Å². The normalized spacial score (nSPS) is 21.6. The number of cyclic esters (lactones) is 1. The average Bonchev–Trinajstić information content (AvgIpc) is 2.42. The first-order valence-electron chi connectivity index (χ1n) is 5.13. The van der Waals surface area contributed by atoms with Gasteiger partial charge in [0.15, 0.2) is 0 Å². The van der Waals surface area contributed by atoms with Gasteiger partial charge >= 0.3 is 11.8 Å². The van der Waals surface area contributed by atoms with Crippen molar-refractivity contribution in [3.63, 3.8) is 0 Å². The molecular formula is C12H18O5Pr-2. The first-order valence-corrected chi connectivity index (χ1v) is 5.13. The molecule has 0 N–H and O–H groups in total. The van der Waals surface area contributed by atoms with E-state index in [1.165, 1.54) is 0 Å². The molecule has 0 aliphatic carbocycles. The Bertz CT molecular complexity index is 308. The second kappa shape index (κ2) is 8.10. The maximum absolute atomic E-state index is 11.7. The zero-order chi connectivity index (χ0) is 12.3. The summed E-state index contributed by atoms with van der Waals surface area (Å²) in [6, 6.07) is 0. The van der Waals surface area contributed by atoms with Gasteiger partial charge in [0.2, 0.25) is 5.97 Å². The summed E-state index contributed by atoms with van der Waals surface area (Å²) in [5.41, 5.74) is 0. The zero-order valence-electron chi connectivity index (χ0n) is 11.2. The first kappa shape index (κ1) is 20.2. The van der Waals surface area contributed by atoms with Gasteiger partial charge < -0.3 is 26.4 Å². The number of ether oxygens (including phenoxy) is 3. The summed E-state index contributed by atoms with van der Waals surface area (Å²) < 4.78 is 14.7. The number of hydrogen-bond donors (Lipinski definition) is 0. The van der Waals surface area contributed by atoms with Crippen molar-refractivity contribution in [3.05, 3.63) is 19.8 Å². The Morgan fingerprint density at radius 2 is 2.00 bits per heavy atom. The van der Waals surface area contributed by atoms with Crippen LogP contribution in [0.4, 0.5) is 0 Å². The Morgan fingerprint density at radius 1 is 1.44 bits per heavy atom. The minimum Gasteiger partial charge on any atom is -0.500 e. The van der Waals surface area contributed by atoms with Crippen LogP contribution in [0.3, 0.4) is 0 Å². The molecule has 1 aliphatic rings. The van der Waals surface area contributed by atoms with Crippen molar-refractivity contribution in [2.75, 3.05) is 6.61 Å². The van der Waals surface area contributed by atoms with Crippen molar-refractivity contribution >= 4 is 11.9 Å². The third-order valence-corrected chi connectivity index (χ3v) is 2.00. The summed E-state index contributed by atoms with van der Waals surface area (Å²) in [5.74, 6) is -3.58. The second-order valence-electron chi connectivity index (χ2n) is 3.93. The van der Waals surface area contributed by atoms with Crippen LogP contribution in [0.5, 0.6) is 0 Å². The molecule has 1 fully saturated rings. The van der Waals surface area contributed by atoms with Crippen LogP contribution in [0.2, 0.25) is 0 Å². The summed E-state index contributed by atoms with van der Waals surface area (Å²) in [6.07, 6.45) is 0.207. The van der Waals surface area contributed by atoms with E-state index in [0.29, 0.717) is 0 Å². The molecule has 0 spiro atoms. The molecule has 1 unspecified atom stereocenters. The Balaban J connectivity index is 0. The summed E-state index contributed by atoms with van der Waals surface area (Å²) in [5, 5.41) is 0. The molecular weight excluding hydrogens is 365 g/mol. The van der Waals surface area contributed by atoms with Crippen LogP contribution in [0.1, 0.15) is 27.2 Å². The van der Waals surface area contributed by atoms with E-state index in [1.54, 1.807) is 6.92 Å². The molecule has 0 bridgehead atoms. The Kier molecular flexibility index (Phi) is 9.08. The number of carbonyl (C=O) groups is 2. The summed E-state index contributed by atoms with van der Waals surface area (Å²) in [4.78, 5) is 22.9. The fourth-order valence-corrected chi connectivity index (χ4v) is 1.47. The van der Waals surface area contributed by atoms with Gasteiger partial charge in [-0.3, -0.25) is 0 Å². The first-order chi connectivity index (χ1) is 7.41. The van der Waals surface area contributed by atoms with Crippen LogP contribution in [0.15, 0.2) is 5.76 Å². The number of carbonyl (C=O) groups excluding carboxylic acids is 2. The molecule has 1 radical (unpaired) electrons. The molecule has 101 valence electrons. The standard InChI is InChI=1S/C11H15O5.CH3.Pr/c1-5-14-10(13)11(6-7(2)3)15-8(4)9(12)16-11;;/h4,7H,5-6H2,1-3H3;1H3;/q2*-1;. The summed E-state index contributed by atoms with van der Waals surface area (Å²) in [6.45, 7) is 10.8. The van der Waals surface area contributed by atoms with Gasteiger partial charge in [0.05, 0.1) is 6.61 Å². The molecule has 1 heterocycles. The van der Waals surface area contributed by atoms with Crippen molar-refractivity contribution in [3.8, 4) is 0 Å². The molecule has 6 heteroatoms. The molecule has 1 saturated heterocycles. The van der Waals surface area contributed by atoms with Gasteiger partial charge in [0.25, 0.3) is 0 Å². The quantitative estimate of drug-likeness (QED) is 0.420. The Labute approximate surface area is 141 Å². The molecule has 0 saturated carbocycles. The van der Waals surface area contributed by atoms with E-state index >= 15 is 0 Å². The fourth-order valence-electron chi connectivity index (χ4n) is 1.47. The molecule has 1 rings (SSSR count). The summed E-state index contributed by atoms with van der Waals surface area (Å²) >= 11 is 0. The Morgan fingerprint density at radius 3 is 2.33 bits per heavy atom. The number of hydrogen-bond acceptors (Lipinski definition) is 5. The smallest absolute Gasteiger partial charge is 0.391 e. The van der Waals surface area contributed by atoms with Gasteiger partial charge in [-0.15, -0.1) is 0 Å². The molecule has 18 heavy (non-hydrogen) atoms. The third kappa shape index (κ3) is 4.50. The van der Waals surface area contributed by atoms with E-state index in [4.69, 9.17) is 20.8 Å². The maximum Gasteiger partial charge on any atom is 0.391 e. The largest absolute Gasteiger partial charge is 0.500 e. The maximum atomic E-state index is 11.7. The molecule has 0 aromatic carbocycles. The van der Waals surface area contributed by atoms with Crippen LogP contribution in [-0.2, 0) is 23.8 Å². The van der Waals surface area contributed by atoms with Gasteiger partial charge in [-0.2, -0.15) is 0 Å². The van der Waals surface area contributed by atoms with E-state index in [9.17, 15) is 9.59 Å². The van der Waals surface area contributed by atoms with Crippen molar-refractivity contribution in [2.45, 2.75) is 33.0 Å². The monoisotopic (exact) mass is 383 g/mol. The molecule has 1 atom stereocenters. The third-order valence-electron chi connectivity index (χ3n) is 2.00. The number of esters is 2. The SMILES string of the molecule is [CH-]=C1OC(CC(C)C)(C(=O)OCC)OC1=O.[CH3-].[Pr]. The molecule has 0 aromatic heterocycles. The topological polar surface area (TPSA) is 61.8 Å². The predicted octanol–water partition coefficient (Wildman–Crippen LogP) is 1.63. The molecule has 0 amide bonds. The van der Waals surface area contributed by atoms with Crippen molar-refractivity contribution in [1.82, 2.24) is 0 Å². The number of rotatable bonds is 4. The minimum absolute atomic E-state index is 0. The molecule has 0 aromatic rings. The van der Waals surface area contributed by atoms with Gasteiger partial charge in [0.1, 0.15) is 0 Å². The average molecular weight is 383 g/mol. The van der Waals surface area contributed by atoms with E-state index < -0.39 is 23.5 Å². The van der Waals surface area contributed by atoms with Crippen molar-refractivity contribution in [1.29, 1.82) is 0 Å². The van der Waals surface area contributed by atoms with E-state index in [0.717, 1.165) is 0 Å². The Hall–Kier alpha value is -0.156. The van der Waals surface area contributed by atoms with E-state index in [2.05, 4.69) is 0 Å². The van der Waals surface area contributed by atoms with Gasteiger partial charge in [-0.1, -0.05) is 13.8 Å². The van der Waals surface area contributed by atoms with Crippen LogP contribution in [0, 0.1) is 61.2 Å². The fraction of sp³-hybridized carbons (Fsp3) is 0.583. The minimum atomic E-state index is -1.70. The zero-order valence-corrected chi connectivity index (χ0v) is 14.9. The van der Waals surface area contributed by atoms with Crippen LogP contribution >= 0.6 is 0 Å². The van der Waals surface area contributed by atoms with E-state index in [1.807, 2.05) is 13.8 Å². The van der Waals surface area contributed by atoms with Crippen LogP contribution in [0.25, 0.3) is 0 Å². The summed E-state index contributed by atoms with van der Waals surface area (Å²) in [7, 11) is 0. The van der Waals surface area contributed by atoms with Gasteiger partial charge in [0, 0.05) is 53.5 Å².